The topological polar surface area (TPSA) is 42.7 Å². The molecule has 0 aliphatic heterocycles. The first-order valence-corrected chi connectivity index (χ1v) is 5.96. The second-order valence-electron chi connectivity index (χ2n) is 4.36. The summed E-state index contributed by atoms with van der Waals surface area (Å²) in [5.41, 5.74) is 3.96. The number of imidazole rings is 1. The molecule has 2 aromatic rings. The zero-order chi connectivity index (χ0) is 13.1. The van der Waals surface area contributed by atoms with Crippen LogP contribution in [0, 0.1) is 20.8 Å². The second-order valence-corrected chi connectivity index (χ2v) is 4.36. The number of pyridine rings is 1. The van der Waals surface area contributed by atoms with Gasteiger partial charge in [0.25, 0.3) is 0 Å². The van der Waals surface area contributed by atoms with E-state index in [-0.39, 0.29) is 0 Å². The Labute approximate surface area is 107 Å². The van der Waals surface area contributed by atoms with Crippen LogP contribution in [0.25, 0.3) is 0 Å². The molecule has 0 radical (unpaired) electrons. The Kier molecular flexibility index (Phi) is 3.46. The highest BCUT2D eigenvalue weighted by atomic mass is 15.2. The molecule has 0 amide bonds. The van der Waals surface area contributed by atoms with E-state index < -0.39 is 0 Å². The van der Waals surface area contributed by atoms with Gasteiger partial charge in [-0.15, -0.1) is 6.58 Å². The van der Waals surface area contributed by atoms with E-state index in [9.17, 15) is 0 Å². The van der Waals surface area contributed by atoms with Gasteiger partial charge in [-0.05, 0) is 32.9 Å². The van der Waals surface area contributed by atoms with E-state index >= 15 is 0 Å². The molecule has 4 heteroatoms. The fraction of sp³-hybridized carbons (Fsp3) is 0.286. The summed E-state index contributed by atoms with van der Waals surface area (Å²) in [5, 5.41) is 3.32. The molecule has 0 spiro atoms. The quantitative estimate of drug-likeness (QED) is 0.838. The first kappa shape index (κ1) is 12.4. The van der Waals surface area contributed by atoms with Crippen molar-refractivity contribution in [3.8, 4) is 0 Å². The van der Waals surface area contributed by atoms with Crippen LogP contribution in [0.15, 0.2) is 31.0 Å². The van der Waals surface area contributed by atoms with Crippen LogP contribution in [-0.2, 0) is 6.54 Å². The molecule has 0 aromatic carbocycles. The molecular formula is C14H18N4. The van der Waals surface area contributed by atoms with Crippen LogP contribution in [0.4, 0.5) is 11.6 Å². The predicted molar refractivity (Wildman–Crippen MR) is 74.2 cm³/mol. The predicted octanol–water partition coefficient (Wildman–Crippen LogP) is 3.13. The lowest BCUT2D eigenvalue weighted by atomic mass is 10.3. The van der Waals surface area contributed by atoms with Crippen molar-refractivity contribution < 1.29 is 0 Å². The van der Waals surface area contributed by atoms with E-state index in [4.69, 9.17) is 0 Å². The lowest BCUT2D eigenvalue weighted by Gasteiger charge is -2.10. The lowest BCUT2D eigenvalue weighted by Crippen LogP contribution is -2.04. The number of nitrogens with zero attached hydrogens (tertiary/aromatic N) is 3. The minimum Gasteiger partial charge on any atom is -0.324 e. The van der Waals surface area contributed by atoms with Gasteiger partial charge in [-0.25, -0.2) is 4.98 Å². The molecule has 2 rings (SSSR count). The van der Waals surface area contributed by atoms with Gasteiger partial charge >= 0.3 is 0 Å². The highest BCUT2D eigenvalue weighted by Gasteiger charge is 2.07. The van der Waals surface area contributed by atoms with Gasteiger partial charge in [-0.3, -0.25) is 4.98 Å². The van der Waals surface area contributed by atoms with Crippen molar-refractivity contribution in [1.82, 2.24) is 14.5 Å². The molecule has 0 fully saturated rings. The van der Waals surface area contributed by atoms with Crippen molar-refractivity contribution in [1.29, 1.82) is 0 Å². The molecule has 0 aliphatic rings. The van der Waals surface area contributed by atoms with Crippen LogP contribution in [0.2, 0.25) is 0 Å². The van der Waals surface area contributed by atoms with Crippen LogP contribution in [0.5, 0.6) is 0 Å². The van der Waals surface area contributed by atoms with Gasteiger partial charge in [0.2, 0.25) is 5.95 Å². The number of aryl methyl sites for hydroxylation is 3. The summed E-state index contributed by atoms with van der Waals surface area (Å²) < 4.78 is 2.03. The number of allylic oxidation sites excluding steroid dienone is 1. The first-order valence-electron chi connectivity index (χ1n) is 5.96. The van der Waals surface area contributed by atoms with Crippen molar-refractivity contribution in [2.45, 2.75) is 27.3 Å². The van der Waals surface area contributed by atoms with E-state index in [1.807, 2.05) is 49.7 Å². The smallest absolute Gasteiger partial charge is 0.207 e. The molecule has 18 heavy (non-hydrogen) atoms. The summed E-state index contributed by atoms with van der Waals surface area (Å²) in [6.07, 6.45) is 3.85. The third-order valence-electron chi connectivity index (χ3n) is 2.69. The summed E-state index contributed by atoms with van der Waals surface area (Å²) in [6, 6.07) is 4.02. The monoisotopic (exact) mass is 242 g/mol. The molecule has 0 bridgehead atoms. The van der Waals surface area contributed by atoms with Crippen LogP contribution in [0.1, 0.15) is 17.1 Å². The number of aromatic nitrogens is 3. The molecule has 4 nitrogen and oxygen atoms in total. The maximum atomic E-state index is 4.46. The molecule has 0 saturated carbocycles. The number of nitrogens with one attached hydrogen (secondary N) is 1. The molecule has 0 unspecified atom stereocenters. The standard InChI is InChI=1S/C14H18N4/c1-5-8-18-9-11(3)16-14(18)17-13-7-6-10(2)15-12(13)4/h5-7,9H,1,8H2,2-4H3,(H,16,17). The molecular weight excluding hydrogens is 224 g/mol. The van der Waals surface area contributed by atoms with Gasteiger partial charge in [-0.1, -0.05) is 6.08 Å². The number of hydrogen-bond donors (Lipinski definition) is 1. The highest BCUT2D eigenvalue weighted by Crippen LogP contribution is 2.19. The molecule has 2 aromatic heterocycles. The lowest BCUT2D eigenvalue weighted by molar-refractivity contribution is 0.831. The molecule has 0 aliphatic carbocycles. The molecule has 0 saturated heterocycles. The Morgan fingerprint density at radius 3 is 2.67 bits per heavy atom. The van der Waals surface area contributed by atoms with Crippen molar-refractivity contribution in [2.24, 2.45) is 0 Å². The Hall–Kier alpha value is -2.10. The van der Waals surface area contributed by atoms with Gasteiger partial charge < -0.3 is 9.88 Å². The van der Waals surface area contributed by atoms with Crippen molar-refractivity contribution in [2.75, 3.05) is 5.32 Å². The number of rotatable bonds is 4. The summed E-state index contributed by atoms with van der Waals surface area (Å²) in [6.45, 7) is 10.4. The fourth-order valence-corrected chi connectivity index (χ4v) is 1.86. The summed E-state index contributed by atoms with van der Waals surface area (Å²) in [4.78, 5) is 8.90. The normalized spacial score (nSPS) is 10.4. The third kappa shape index (κ3) is 2.59. The third-order valence-corrected chi connectivity index (χ3v) is 2.69. The van der Waals surface area contributed by atoms with Crippen molar-refractivity contribution >= 4 is 11.6 Å². The molecule has 2 heterocycles. The summed E-state index contributed by atoms with van der Waals surface area (Å²) in [5.74, 6) is 0.821. The summed E-state index contributed by atoms with van der Waals surface area (Å²) in [7, 11) is 0. The number of hydrogen-bond acceptors (Lipinski definition) is 3. The summed E-state index contributed by atoms with van der Waals surface area (Å²) >= 11 is 0. The number of anilines is 2. The zero-order valence-electron chi connectivity index (χ0n) is 11.1. The van der Waals surface area contributed by atoms with Gasteiger partial charge in [0.15, 0.2) is 0 Å². The van der Waals surface area contributed by atoms with Gasteiger partial charge in [-0.2, -0.15) is 0 Å². The molecule has 1 N–H and O–H groups in total. The Bertz CT molecular complexity index is 569. The van der Waals surface area contributed by atoms with Crippen LogP contribution in [-0.4, -0.2) is 14.5 Å². The van der Waals surface area contributed by atoms with Crippen LogP contribution < -0.4 is 5.32 Å². The van der Waals surface area contributed by atoms with E-state index in [0.29, 0.717) is 0 Å². The van der Waals surface area contributed by atoms with Gasteiger partial charge in [0.1, 0.15) is 0 Å². The second kappa shape index (κ2) is 5.04. The van der Waals surface area contributed by atoms with Gasteiger partial charge in [0, 0.05) is 18.4 Å². The Morgan fingerprint density at radius 1 is 1.22 bits per heavy atom. The van der Waals surface area contributed by atoms with E-state index in [0.717, 1.165) is 35.3 Å². The minimum atomic E-state index is 0.738. The van der Waals surface area contributed by atoms with E-state index in [2.05, 4.69) is 21.9 Å². The fourth-order valence-electron chi connectivity index (χ4n) is 1.86. The van der Waals surface area contributed by atoms with Crippen LogP contribution in [0.3, 0.4) is 0 Å². The van der Waals surface area contributed by atoms with Crippen molar-refractivity contribution in [3.05, 3.63) is 48.1 Å². The SMILES string of the molecule is C=CCn1cc(C)nc1Nc1ccc(C)nc1C. The average Bonchev–Trinajstić information content (AvgIpc) is 2.64. The maximum Gasteiger partial charge on any atom is 0.207 e. The Balaban J connectivity index is 2.30. The minimum absolute atomic E-state index is 0.738. The van der Waals surface area contributed by atoms with Crippen molar-refractivity contribution in [3.63, 3.8) is 0 Å². The maximum absolute atomic E-state index is 4.46. The van der Waals surface area contributed by atoms with E-state index in [1.54, 1.807) is 0 Å². The largest absolute Gasteiger partial charge is 0.324 e. The Morgan fingerprint density at radius 2 is 2.00 bits per heavy atom. The first-order chi connectivity index (χ1) is 8.60. The zero-order valence-corrected chi connectivity index (χ0v) is 11.1. The molecule has 0 atom stereocenters. The van der Waals surface area contributed by atoms with Crippen LogP contribution >= 0.6 is 0 Å². The van der Waals surface area contributed by atoms with Gasteiger partial charge in [0.05, 0.1) is 17.1 Å². The van der Waals surface area contributed by atoms with E-state index in [1.165, 1.54) is 0 Å². The highest BCUT2D eigenvalue weighted by molar-refractivity contribution is 5.56. The average molecular weight is 242 g/mol. The molecule has 94 valence electrons.